The second-order valence-electron chi connectivity index (χ2n) is 6.12. The van der Waals surface area contributed by atoms with E-state index in [-0.39, 0.29) is 17.3 Å². The van der Waals surface area contributed by atoms with E-state index >= 15 is 0 Å². The number of nitrogens with two attached hydrogens (primary N) is 1. The number of benzene rings is 2. The molecule has 0 aliphatic heterocycles. The van der Waals surface area contributed by atoms with Gasteiger partial charge in [-0.2, -0.15) is 0 Å². The van der Waals surface area contributed by atoms with E-state index in [1.165, 1.54) is 12.3 Å². The first kappa shape index (κ1) is 18.7. The Hall–Kier alpha value is -4.11. The monoisotopic (exact) mass is 371 g/mol. The van der Waals surface area contributed by atoms with Gasteiger partial charge in [-0.25, -0.2) is 9.78 Å². The minimum absolute atomic E-state index is 0.00443. The number of nitrogen functional groups attached to an aromatic ring is 1. The molecule has 0 aliphatic rings. The number of aryl methyl sites for hydroxylation is 1. The highest BCUT2D eigenvalue weighted by Crippen LogP contribution is 2.13. The van der Waals surface area contributed by atoms with Gasteiger partial charge in [-0.15, -0.1) is 0 Å². The lowest BCUT2D eigenvalue weighted by atomic mass is 10.1. The van der Waals surface area contributed by atoms with Gasteiger partial charge in [0.25, 0.3) is 5.91 Å². The number of aromatic nitrogens is 1. The number of carboxylic acid groups (broad SMARTS) is 1. The third-order valence-electron chi connectivity index (χ3n) is 3.91. The number of aromatic carboxylic acids is 1. The maximum atomic E-state index is 12.5. The summed E-state index contributed by atoms with van der Waals surface area (Å²) in [7, 11) is 0. The van der Waals surface area contributed by atoms with E-state index in [1.807, 2.05) is 31.2 Å². The number of nitrogens with zero attached hydrogens (tertiary/aromatic N) is 1. The van der Waals surface area contributed by atoms with Crippen LogP contribution < -0.4 is 11.1 Å². The van der Waals surface area contributed by atoms with Crippen LogP contribution in [0.15, 0.2) is 60.8 Å². The molecular formula is C22H17N3O3. The van der Waals surface area contributed by atoms with E-state index < -0.39 is 5.97 Å². The van der Waals surface area contributed by atoms with Crippen molar-refractivity contribution < 1.29 is 14.7 Å². The predicted molar refractivity (Wildman–Crippen MR) is 107 cm³/mol. The molecule has 1 aromatic heterocycles. The number of nitrogens with one attached hydrogen (secondary N) is 1. The summed E-state index contributed by atoms with van der Waals surface area (Å²) in [4.78, 5) is 27.4. The first-order chi connectivity index (χ1) is 13.4. The predicted octanol–water partition coefficient (Wildman–Crippen LogP) is 3.32. The molecule has 28 heavy (non-hydrogen) atoms. The van der Waals surface area contributed by atoms with Crippen molar-refractivity contribution in [2.45, 2.75) is 6.92 Å². The van der Waals surface area contributed by atoms with E-state index in [1.54, 1.807) is 24.3 Å². The van der Waals surface area contributed by atoms with Crippen molar-refractivity contribution in [3.63, 3.8) is 0 Å². The highest BCUT2D eigenvalue weighted by Gasteiger charge is 2.08. The molecule has 138 valence electrons. The maximum Gasteiger partial charge on any atom is 0.337 e. The van der Waals surface area contributed by atoms with Crippen molar-refractivity contribution in [3.8, 4) is 11.8 Å². The van der Waals surface area contributed by atoms with Crippen LogP contribution in [0.5, 0.6) is 0 Å². The van der Waals surface area contributed by atoms with Crippen LogP contribution in [-0.2, 0) is 0 Å². The normalized spacial score (nSPS) is 9.89. The minimum atomic E-state index is -1.11. The number of hydrogen-bond donors (Lipinski definition) is 3. The van der Waals surface area contributed by atoms with E-state index in [2.05, 4.69) is 22.1 Å². The van der Waals surface area contributed by atoms with Gasteiger partial charge in [0.05, 0.1) is 11.1 Å². The van der Waals surface area contributed by atoms with Gasteiger partial charge >= 0.3 is 5.97 Å². The van der Waals surface area contributed by atoms with Crippen LogP contribution in [0.4, 0.5) is 11.5 Å². The fraction of sp³-hybridized carbons (Fsp3) is 0.0455. The second-order valence-corrected chi connectivity index (χ2v) is 6.12. The van der Waals surface area contributed by atoms with E-state index in [9.17, 15) is 9.59 Å². The molecule has 2 aromatic carbocycles. The highest BCUT2D eigenvalue weighted by molar-refractivity contribution is 6.04. The molecule has 0 unspecified atom stereocenters. The molecule has 0 aliphatic carbocycles. The van der Waals surface area contributed by atoms with Crippen LogP contribution in [0.3, 0.4) is 0 Å². The standard InChI is InChI=1S/C22H17N3O3/c1-14-4-2-7-19(10-14)25-21(26)17-6-3-5-15(11-17)8-9-16-12-18(22(27)28)13-24-20(16)23/h2-7,10-13H,1H3,(H2,23,24)(H,25,26)(H,27,28). The Balaban J connectivity index is 1.83. The molecule has 1 amide bonds. The zero-order chi connectivity index (χ0) is 20.1. The van der Waals surface area contributed by atoms with Crippen LogP contribution >= 0.6 is 0 Å². The van der Waals surface area contributed by atoms with Gasteiger partial charge in [0.2, 0.25) is 0 Å². The Bertz CT molecular complexity index is 1130. The molecule has 4 N–H and O–H groups in total. The van der Waals surface area contributed by atoms with Gasteiger partial charge in [-0.1, -0.05) is 30.0 Å². The van der Waals surface area contributed by atoms with Crippen LogP contribution in [0.2, 0.25) is 0 Å². The van der Waals surface area contributed by atoms with Crippen molar-refractivity contribution >= 4 is 23.4 Å². The van der Waals surface area contributed by atoms with E-state index in [4.69, 9.17) is 10.8 Å². The molecule has 0 saturated heterocycles. The molecule has 3 aromatic rings. The number of carbonyl (C=O) groups is 2. The third-order valence-corrected chi connectivity index (χ3v) is 3.91. The molecule has 0 bridgehead atoms. The summed E-state index contributed by atoms with van der Waals surface area (Å²) in [6.45, 7) is 1.95. The Morgan fingerprint density at radius 1 is 1.04 bits per heavy atom. The summed E-state index contributed by atoms with van der Waals surface area (Å²) in [6.07, 6.45) is 1.18. The fourth-order valence-corrected chi connectivity index (χ4v) is 2.50. The fourth-order valence-electron chi connectivity index (χ4n) is 2.50. The van der Waals surface area contributed by atoms with E-state index in [0.29, 0.717) is 22.4 Å². The summed E-state index contributed by atoms with van der Waals surface area (Å²) in [5.74, 6) is 4.50. The molecular weight excluding hydrogens is 354 g/mol. The minimum Gasteiger partial charge on any atom is -0.478 e. The molecule has 0 atom stereocenters. The molecule has 6 heteroatoms. The first-order valence-corrected chi connectivity index (χ1v) is 8.41. The quantitative estimate of drug-likeness (QED) is 0.613. The number of hydrogen-bond acceptors (Lipinski definition) is 4. The van der Waals surface area contributed by atoms with Gasteiger partial charge in [0.15, 0.2) is 0 Å². The Labute approximate surface area is 162 Å². The Morgan fingerprint density at radius 2 is 1.82 bits per heavy atom. The molecule has 0 spiro atoms. The first-order valence-electron chi connectivity index (χ1n) is 8.41. The average molecular weight is 371 g/mol. The van der Waals surface area contributed by atoms with Gasteiger partial charge < -0.3 is 16.2 Å². The highest BCUT2D eigenvalue weighted by atomic mass is 16.4. The lowest BCUT2D eigenvalue weighted by Gasteiger charge is -2.06. The number of anilines is 2. The third kappa shape index (κ3) is 4.54. The van der Waals surface area contributed by atoms with Crippen molar-refractivity contribution in [1.29, 1.82) is 0 Å². The maximum absolute atomic E-state index is 12.5. The molecule has 0 radical (unpaired) electrons. The van der Waals surface area contributed by atoms with Crippen LogP contribution in [-0.4, -0.2) is 22.0 Å². The lowest BCUT2D eigenvalue weighted by molar-refractivity contribution is 0.0696. The summed E-state index contributed by atoms with van der Waals surface area (Å²) < 4.78 is 0. The van der Waals surface area contributed by atoms with Gasteiger partial charge in [0, 0.05) is 23.0 Å². The number of rotatable bonds is 3. The summed E-state index contributed by atoms with van der Waals surface area (Å²) in [6, 6.07) is 15.7. The molecule has 6 nitrogen and oxygen atoms in total. The summed E-state index contributed by atoms with van der Waals surface area (Å²) >= 11 is 0. The van der Waals surface area contributed by atoms with Crippen LogP contribution in [0, 0.1) is 18.8 Å². The average Bonchev–Trinajstić information content (AvgIpc) is 2.67. The van der Waals surface area contributed by atoms with Crippen LogP contribution in [0.25, 0.3) is 0 Å². The van der Waals surface area contributed by atoms with Crippen molar-refractivity contribution in [2.75, 3.05) is 11.1 Å². The Morgan fingerprint density at radius 3 is 2.57 bits per heavy atom. The smallest absolute Gasteiger partial charge is 0.337 e. The zero-order valence-corrected chi connectivity index (χ0v) is 15.1. The number of amides is 1. The molecule has 3 rings (SSSR count). The van der Waals surface area contributed by atoms with Crippen molar-refractivity contribution in [3.05, 3.63) is 88.6 Å². The van der Waals surface area contributed by atoms with Crippen molar-refractivity contribution in [2.24, 2.45) is 0 Å². The summed E-state index contributed by atoms with van der Waals surface area (Å²) in [5.41, 5.74) is 8.89. The molecule has 1 heterocycles. The topological polar surface area (TPSA) is 105 Å². The summed E-state index contributed by atoms with van der Waals surface area (Å²) in [5, 5.41) is 11.9. The van der Waals surface area contributed by atoms with Crippen LogP contribution in [0.1, 0.15) is 37.4 Å². The number of carbonyl (C=O) groups excluding carboxylic acids is 1. The van der Waals surface area contributed by atoms with Gasteiger partial charge in [-0.05, 0) is 48.9 Å². The van der Waals surface area contributed by atoms with Crippen molar-refractivity contribution in [1.82, 2.24) is 4.98 Å². The SMILES string of the molecule is Cc1cccc(NC(=O)c2cccc(C#Cc3cc(C(=O)O)cnc3N)c2)c1. The van der Waals surface area contributed by atoms with Gasteiger partial charge in [-0.3, -0.25) is 4.79 Å². The zero-order valence-electron chi connectivity index (χ0n) is 15.1. The molecule has 0 saturated carbocycles. The largest absolute Gasteiger partial charge is 0.478 e. The molecule has 0 fully saturated rings. The lowest BCUT2D eigenvalue weighted by Crippen LogP contribution is -2.12. The van der Waals surface area contributed by atoms with E-state index in [0.717, 1.165) is 5.56 Å². The Kier molecular flexibility index (Phi) is 5.38. The number of pyridine rings is 1. The second kappa shape index (κ2) is 8.06. The number of carboxylic acids is 1. The van der Waals surface area contributed by atoms with Gasteiger partial charge in [0.1, 0.15) is 5.82 Å².